The van der Waals surface area contributed by atoms with Gasteiger partial charge in [0.1, 0.15) is 6.04 Å². The van der Waals surface area contributed by atoms with Crippen molar-refractivity contribution in [2.75, 3.05) is 19.3 Å². The Labute approximate surface area is 96.5 Å². The molecule has 0 aromatic rings. The van der Waals surface area contributed by atoms with Gasteiger partial charge in [-0.15, -0.1) is 0 Å². The van der Waals surface area contributed by atoms with E-state index in [-0.39, 0.29) is 0 Å². The summed E-state index contributed by atoms with van der Waals surface area (Å²) in [4.78, 5) is 12.9. The lowest BCUT2D eigenvalue weighted by molar-refractivity contribution is -0.130. The lowest BCUT2D eigenvalue weighted by Gasteiger charge is -2.21. The molecular weight excluding hydrogens is 232 g/mol. The number of amides is 1. The third kappa shape index (κ3) is 6.76. The molecule has 0 heterocycles. The van der Waals surface area contributed by atoms with E-state index in [1.807, 2.05) is 13.8 Å². The van der Waals surface area contributed by atoms with E-state index in [1.54, 1.807) is 7.05 Å². The first-order valence-corrected chi connectivity index (χ1v) is 6.70. The first kappa shape index (κ1) is 15.3. The molecule has 0 bridgehead atoms. The zero-order chi connectivity index (χ0) is 12.9. The van der Waals surface area contributed by atoms with Crippen LogP contribution < -0.4 is 5.73 Å². The Bertz CT molecular complexity index is 326. The molecule has 0 aromatic carbocycles. The maximum atomic E-state index is 11.6. The fraction of sp³-hybridized carbons (Fsp3) is 0.889. The summed E-state index contributed by atoms with van der Waals surface area (Å²) in [6.45, 7) is 4.57. The van der Waals surface area contributed by atoms with Gasteiger partial charge in [-0.3, -0.25) is 9.35 Å². The summed E-state index contributed by atoms with van der Waals surface area (Å²) in [5.41, 5.74) is 5.38. The molecule has 0 saturated carbocycles. The number of carbonyl (C=O) groups excluding carboxylic acids is 1. The topological polar surface area (TPSA) is 101 Å². The number of hydrogen-bond donors (Lipinski definition) is 2. The van der Waals surface area contributed by atoms with Gasteiger partial charge in [0.05, 0.1) is 5.75 Å². The van der Waals surface area contributed by atoms with Gasteiger partial charge in [-0.05, 0) is 12.3 Å². The molecule has 1 atom stereocenters. The summed E-state index contributed by atoms with van der Waals surface area (Å²) in [7, 11) is -2.64. The van der Waals surface area contributed by atoms with Gasteiger partial charge in [0.15, 0.2) is 0 Å². The second-order valence-electron chi connectivity index (χ2n) is 4.30. The molecule has 1 unspecified atom stereocenters. The normalized spacial score (nSPS) is 13.9. The molecule has 0 aliphatic carbocycles. The Morgan fingerprint density at radius 1 is 1.44 bits per heavy atom. The van der Waals surface area contributed by atoms with Crippen LogP contribution in [0, 0.1) is 5.92 Å². The quantitative estimate of drug-likeness (QED) is 0.632. The number of carbonyl (C=O) groups is 1. The molecule has 1 amide bonds. The third-order valence-electron chi connectivity index (χ3n) is 2.13. The maximum Gasteiger partial charge on any atom is 0.266 e. The second kappa shape index (κ2) is 6.17. The smallest absolute Gasteiger partial charge is 0.266 e. The average Bonchev–Trinajstić information content (AvgIpc) is 2.10. The predicted octanol–water partition coefficient (Wildman–Crippen LogP) is -0.294. The zero-order valence-electron chi connectivity index (χ0n) is 9.88. The number of rotatable bonds is 6. The Morgan fingerprint density at radius 2 is 1.94 bits per heavy atom. The molecule has 7 heteroatoms. The van der Waals surface area contributed by atoms with E-state index in [0.717, 1.165) is 6.42 Å². The molecule has 3 N–H and O–H groups in total. The van der Waals surface area contributed by atoms with Crippen molar-refractivity contribution in [2.45, 2.75) is 26.3 Å². The van der Waals surface area contributed by atoms with Gasteiger partial charge in [0, 0.05) is 13.6 Å². The highest BCUT2D eigenvalue weighted by Gasteiger charge is 2.23. The summed E-state index contributed by atoms with van der Waals surface area (Å²) >= 11 is 0. The molecule has 0 aliphatic heterocycles. The van der Waals surface area contributed by atoms with Crippen molar-refractivity contribution < 1.29 is 17.8 Å². The van der Waals surface area contributed by atoms with Crippen LogP contribution >= 0.6 is 0 Å². The molecule has 0 radical (unpaired) electrons. The minimum Gasteiger partial charge on any atom is -0.344 e. The highest BCUT2D eigenvalue weighted by Crippen LogP contribution is 2.02. The molecule has 96 valence electrons. The van der Waals surface area contributed by atoms with E-state index in [2.05, 4.69) is 0 Å². The minimum absolute atomic E-state index is 0.452. The van der Waals surface area contributed by atoms with E-state index in [0.29, 0.717) is 12.5 Å². The van der Waals surface area contributed by atoms with Crippen LogP contribution in [0.4, 0.5) is 0 Å². The van der Waals surface area contributed by atoms with Crippen LogP contribution in [0.25, 0.3) is 0 Å². The molecule has 0 fully saturated rings. The van der Waals surface area contributed by atoms with Gasteiger partial charge in [-0.2, -0.15) is 8.42 Å². The van der Waals surface area contributed by atoms with Crippen LogP contribution in [-0.4, -0.2) is 49.2 Å². The van der Waals surface area contributed by atoms with Crippen molar-refractivity contribution >= 4 is 16.0 Å². The van der Waals surface area contributed by atoms with Crippen LogP contribution in [0.1, 0.15) is 20.3 Å². The Kier molecular flexibility index (Phi) is 5.91. The molecule has 6 nitrogen and oxygen atoms in total. The Balaban J connectivity index is 4.22. The van der Waals surface area contributed by atoms with E-state index in [1.165, 1.54) is 4.90 Å². The van der Waals surface area contributed by atoms with Crippen molar-refractivity contribution in [1.82, 2.24) is 4.90 Å². The summed E-state index contributed by atoms with van der Waals surface area (Å²) in [6, 6.07) is -1.20. The summed E-state index contributed by atoms with van der Waals surface area (Å²) in [6.07, 6.45) is 0.820. The standard InChI is InChI=1S/C9H20N2O4S/c1-7(2)4-5-11(3)9(12)8(10)6-16(13,14)15/h7-8H,4-6,10H2,1-3H3,(H,13,14,15). The van der Waals surface area contributed by atoms with Gasteiger partial charge in [0.25, 0.3) is 10.1 Å². The van der Waals surface area contributed by atoms with E-state index in [4.69, 9.17) is 10.3 Å². The van der Waals surface area contributed by atoms with Crippen LogP contribution in [-0.2, 0) is 14.9 Å². The predicted molar refractivity (Wildman–Crippen MR) is 61.5 cm³/mol. The molecule has 0 spiro atoms. The number of likely N-dealkylation sites (N-methyl/N-ethyl adjacent to an activating group) is 1. The van der Waals surface area contributed by atoms with Crippen molar-refractivity contribution in [2.24, 2.45) is 11.7 Å². The van der Waals surface area contributed by atoms with Gasteiger partial charge < -0.3 is 10.6 Å². The highest BCUT2D eigenvalue weighted by molar-refractivity contribution is 7.85. The third-order valence-corrected chi connectivity index (χ3v) is 2.91. The highest BCUT2D eigenvalue weighted by atomic mass is 32.2. The second-order valence-corrected chi connectivity index (χ2v) is 5.79. The van der Waals surface area contributed by atoms with E-state index >= 15 is 0 Å². The van der Waals surface area contributed by atoms with Crippen LogP contribution in [0.15, 0.2) is 0 Å². The van der Waals surface area contributed by atoms with Gasteiger partial charge in [-0.25, -0.2) is 0 Å². The van der Waals surface area contributed by atoms with Crippen LogP contribution in [0.2, 0.25) is 0 Å². The van der Waals surface area contributed by atoms with Gasteiger partial charge in [-0.1, -0.05) is 13.8 Å². The maximum absolute atomic E-state index is 11.6. The summed E-state index contributed by atoms with van der Waals surface area (Å²) < 4.78 is 29.6. The first-order valence-electron chi connectivity index (χ1n) is 5.09. The molecule has 0 rings (SSSR count). The average molecular weight is 252 g/mol. The lowest BCUT2D eigenvalue weighted by Crippen LogP contribution is -2.46. The zero-order valence-corrected chi connectivity index (χ0v) is 10.7. The van der Waals surface area contributed by atoms with Crippen molar-refractivity contribution in [3.63, 3.8) is 0 Å². The SMILES string of the molecule is CC(C)CCN(C)C(=O)C(N)CS(=O)(=O)O. The van der Waals surface area contributed by atoms with Crippen LogP contribution in [0.5, 0.6) is 0 Å². The lowest BCUT2D eigenvalue weighted by atomic mass is 10.1. The largest absolute Gasteiger partial charge is 0.344 e. The van der Waals surface area contributed by atoms with Gasteiger partial charge >= 0.3 is 0 Å². The van der Waals surface area contributed by atoms with Crippen LogP contribution in [0.3, 0.4) is 0 Å². The first-order chi connectivity index (χ1) is 7.13. The molecular formula is C9H20N2O4S. The Morgan fingerprint density at radius 3 is 2.31 bits per heavy atom. The minimum atomic E-state index is -4.21. The molecule has 0 aromatic heterocycles. The summed E-state index contributed by atoms with van der Waals surface area (Å²) in [5.74, 6) is -0.760. The monoisotopic (exact) mass is 252 g/mol. The molecule has 16 heavy (non-hydrogen) atoms. The van der Waals surface area contributed by atoms with Crippen molar-refractivity contribution in [3.8, 4) is 0 Å². The molecule has 0 aliphatic rings. The summed E-state index contributed by atoms with van der Waals surface area (Å²) in [5, 5.41) is 0. The van der Waals surface area contributed by atoms with E-state index < -0.39 is 27.8 Å². The van der Waals surface area contributed by atoms with Gasteiger partial charge in [0.2, 0.25) is 5.91 Å². The van der Waals surface area contributed by atoms with Crippen molar-refractivity contribution in [1.29, 1.82) is 0 Å². The fourth-order valence-electron chi connectivity index (χ4n) is 1.14. The molecule has 0 saturated heterocycles. The fourth-order valence-corrected chi connectivity index (χ4v) is 1.74. The Hall–Kier alpha value is -0.660. The van der Waals surface area contributed by atoms with E-state index in [9.17, 15) is 13.2 Å². The number of nitrogens with two attached hydrogens (primary N) is 1. The van der Waals surface area contributed by atoms with Crippen molar-refractivity contribution in [3.05, 3.63) is 0 Å². The number of nitrogens with zero attached hydrogens (tertiary/aromatic N) is 1. The number of hydrogen-bond acceptors (Lipinski definition) is 4.